The normalized spacial score (nSPS) is 38.7. The van der Waals surface area contributed by atoms with Gasteiger partial charge in [-0.15, -0.1) is 0 Å². The standard InChI is InChI=1S/C13H25N3O/c1-13(14)7-3-2-6-11(13)12(17)16-10-5-4-8-15-9-10/h10-11,15H,2-9,14H2,1H3,(H,16,17)/t10-,11?,13?/m0/s1. The van der Waals surface area contributed by atoms with Gasteiger partial charge in [-0.1, -0.05) is 12.8 Å². The molecule has 1 aliphatic heterocycles. The van der Waals surface area contributed by atoms with Crippen molar-refractivity contribution >= 4 is 5.91 Å². The molecule has 4 heteroatoms. The number of rotatable bonds is 2. The van der Waals surface area contributed by atoms with Gasteiger partial charge in [0.05, 0.1) is 5.92 Å². The number of hydrogen-bond donors (Lipinski definition) is 3. The van der Waals surface area contributed by atoms with E-state index >= 15 is 0 Å². The highest BCUT2D eigenvalue weighted by Gasteiger charge is 2.38. The second kappa shape index (κ2) is 5.36. The minimum Gasteiger partial charge on any atom is -0.352 e. The summed E-state index contributed by atoms with van der Waals surface area (Å²) >= 11 is 0. The van der Waals surface area contributed by atoms with Crippen LogP contribution in [0.5, 0.6) is 0 Å². The van der Waals surface area contributed by atoms with Crippen molar-refractivity contribution in [2.24, 2.45) is 11.7 Å². The van der Waals surface area contributed by atoms with Gasteiger partial charge in [0.25, 0.3) is 0 Å². The fraction of sp³-hybridized carbons (Fsp3) is 0.923. The van der Waals surface area contributed by atoms with Crippen LogP contribution >= 0.6 is 0 Å². The molecule has 2 aliphatic rings. The van der Waals surface area contributed by atoms with Gasteiger partial charge in [-0.2, -0.15) is 0 Å². The molecule has 2 unspecified atom stereocenters. The number of carbonyl (C=O) groups is 1. The zero-order valence-corrected chi connectivity index (χ0v) is 10.8. The lowest BCUT2D eigenvalue weighted by Crippen LogP contribution is -2.56. The molecule has 0 bridgehead atoms. The zero-order chi connectivity index (χ0) is 12.3. The fourth-order valence-corrected chi connectivity index (χ4v) is 3.07. The van der Waals surface area contributed by atoms with Crippen LogP contribution in [0.15, 0.2) is 0 Å². The molecule has 3 atom stereocenters. The summed E-state index contributed by atoms with van der Waals surface area (Å²) in [5.74, 6) is 0.168. The Labute approximate surface area is 104 Å². The highest BCUT2D eigenvalue weighted by Crippen LogP contribution is 2.31. The Morgan fingerprint density at radius 2 is 2.18 bits per heavy atom. The van der Waals surface area contributed by atoms with Crippen LogP contribution in [0.2, 0.25) is 0 Å². The van der Waals surface area contributed by atoms with E-state index < -0.39 is 0 Å². The minimum atomic E-state index is -0.315. The third-order valence-corrected chi connectivity index (χ3v) is 4.21. The van der Waals surface area contributed by atoms with Crippen molar-refractivity contribution in [1.29, 1.82) is 0 Å². The first-order chi connectivity index (χ1) is 8.09. The molecular formula is C13H25N3O. The summed E-state index contributed by atoms with van der Waals surface area (Å²) in [6, 6.07) is 0.300. The lowest BCUT2D eigenvalue weighted by Gasteiger charge is -2.38. The molecule has 0 aromatic carbocycles. The Kier molecular flexibility index (Phi) is 4.05. The van der Waals surface area contributed by atoms with Crippen molar-refractivity contribution < 1.29 is 4.79 Å². The Bertz CT molecular complexity index is 272. The molecule has 0 spiro atoms. The summed E-state index contributed by atoms with van der Waals surface area (Å²) in [4.78, 5) is 12.3. The average molecular weight is 239 g/mol. The molecule has 17 heavy (non-hydrogen) atoms. The molecule has 0 radical (unpaired) electrons. The molecule has 0 aromatic rings. The maximum Gasteiger partial charge on any atom is 0.225 e. The molecular weight excluding hydrogens is 214 g/mol. The van der Waals surface area contributed by atoms with Crippen molar-refractivity contribution in [2.45, 2.75) is 57.0 Å². The Morgan fingerprint density at radius 3 is 2.82 bits per heavy atom. The maximum atomic E-state index is 12.3. The maximum absolute atomic E-state index is 12.3. The summed E-state index contributed by atoms with van der Waals surface area (Å²) in [5.41, 5.74) is 5.94. The predicted octanol–water partition coefficient (Wildman–Crippen LogP) is 0.762. The predicted molar refractivity (Wildman–Crippen MR) is 68.6 cm³/mol. The summed E-state index contributed by atoms with van der Waals surface area (Å²) in [6.45, 7) is 4.00. The van der Waals surface area contributed by atoms with Gasteiger partial charge in [-0.25, -0.2) is 0 Å². The monoisotopic (exact) mass is 239 g/mol. The van der Waals surface area contributed by atoms with Crippen molar-refractivity contribution in [1.82, 2.24) is 10.6 Å². The van der Waals surface area contributed by atoms with Crippen LogP contribution in [0.1, 0.15) is 45.4 Å². The van der Waals surface area contributed by atoms with Crippen molar-refractivity contribution in [2.75, 3.05) is 13.1 Å². The quantitative estimate of drug-likeness (QED) is 0.666. The summed E-state index contributed by atoms with van der Waals surface area (Å²) in [5, 5.41) is 6.48. The van der Waals surface area contributed by atoms with E-state index in [-0.39, 0.29) is 17.4 Å². The van der Waals surface area contributed by atoms with Crippen LogP contribution in [0.4, 0.5) is 0 Å². The smallest absolute Gasteiger partial charge is 0.225 e. The van der Waals surface area contributed by atoms with E-state index in [1.54, 1.807) is 0 Å². The van der Waals surface area contributed by atoms with E-state index in [1.807, 2.05) is 6.92 Å². The Morgan fingerprint density at radius 1 is 1.35 bits per heavy atom. The molecule has 1 aliphatic carbocycles. The van der Waals surface area contributed by atoms with Gasteiger partial charge in [-0.3, -0.25) is 4.79 Å². The minimum absolute atomic E-state index is 0.00169. The van der Waals surface area contributed by atoms with Gasteiger partial charge in [0, 0.05) is 18.1 Å². The fourth-order valence-electron chi connectivity index (χ4n) is 3.07. The van der Waals surface area contributed by atoms with Crippen molar-refractivity contribution in [3.05, 3.63) is 0 Å². The summed E-state index contributed by atoms with van der Waals surface area (Å²) < 4.78 is 0. The van der Waals surface area contributed by atoms with Crippen LogP contribution in [0, 0.1) is 5.92 Å². The van der Waals surface area contributed by atoms with Crippen LogP contribution in [0.3, 0.4) is 0 Å². The molecule has 2 rings (SSSR count). The van der Waals surface area contributed by atoms with Gasteiger partial charge < -0.3 is 16.4 Å². The second-order valence-corrected chi connectivity index (χ2v) is 5.86. The third kappa shape index (κ3) is 3.19. The lowest BCUT2D eigenvalue weighted by atomic mass is 9.74. The molecule has 2 fully saturated rings. The number of hydrogen-bond acceptors (Lipinski definition) is 3. The third-order valence-electron chi connectivity index (χ3n) is 4.21. The number of carbonyl (C=O) groups excluding carboxylic acids is 1. The first kappa shape index (κ1) is 12.8. The van der Waals surface area contributed by atoms with Crippen LogP contribution in [0.25, 0.3) is 0 Å². The molecule has 4 nitrogen and oxygen atoms in total. The largest absolute Gasteiger partial charge is 0.352 e. The highest BCUT2D eigenvalue weighted by molar-refractivity contribution is 5.80. The number of nitrogens with one attached hydrogen (secondary N) is 2. The van der Waals surface area contributed by atoms with E-state index in [9.17, 15) is 4.79 Å². The molecule has 1 saturated carbocycles. The summed E-state index contributed by atoms with van der Waals surface area (Å²) in [6.07, 6.45) is 6.44. The van der Waals surface area contributed by atoms with E-state index in [0.29, 0.717) is 6.04 Å². The van der Waals surface area contributed by atoms with Gasteiger partial charge >= 0.3 is 0 Å². The first-order valence-electron chi connectivity index (χ1n) is 6.89. The Hall–Kier alpha value is -0.610. The van der Waals surface area contributed by atoms with Gasteiger partial charge in [0.15, 0.2) is 0 Å². The zero-order valence-electron chi connectivity index (χ0n) is 10.8. The van der Waals surface area contributed by atoms with Gasteiger partial charge in [-0.05, 0) is 39.2 Å². The first-order valence-corrected chi connectivity index (χ1v) is 6.89. The van der Waals surface area contributed by atoms with E-state index in [0.717, 1.165) is 51.6 Å². The van der Waals surface area contributed by atoms with E-state index in [4.69, 9.17) is 5.73 Å². The number of piperidine rings is 1. The van der Waals surface area contributed by atoms with E-state index in [1.165, 1.54) is 0 Å². The Balaban J connectivity index is 1.89. The van der Waals surface area contributed by atoms with Crippen LogP contribution in [-0.4, -0.2) is 30.6 Å². The van der Waals surface area contributed by atoms with Crippen LogP contribution < -0.4 is 16.4 Å². The average Bonchev–Trinajstić information content (AvgIpc) is 2.29. The molecule has 1 saturated heterocycles. The van der Waals surface area contributed by atoms with E-state index in [2.05, 4.69) is 10.6 Å². The number of amides is 1. The molecule has 1 heterocycles. The molecule has 98 valence electrons. The van der Waals surface area contributed by atoms with Crippen molar-refractivity contribution in [3.8, 4) is 0 Å². The highest BCUT2D eigenvalue weighted by atomic mass is 16.2. The SMILES string of the molecule is CC1(N)CCCCC1C(=O)N[C@H]1CCCNC1. The van der Waals surface area contributed by atoms with Gasteiger partial charge in [0.1, 0.15) is 0 Å². The van der Waals surface area contributed by atoms with Gasteiger partial charge in [0.2, 0.25) is 5.91 Å². The second-order valence-electron chi connectivity index (χ2n) is 5.86. The molecule has 1 amide bonds. The lowest BCUT2D eigenvalue weighted by molar-refractivity contribution is -0.129. The molecule has 0 aromatic heterocycles. The topological polar surface area (TPSA) is 67.2 Å². The van der Waals surface area contributed by atoms with Crippen LogP contribution in [-0.2, 0) is 4.79 Å². The summed E-state index contributed by atoms with van der Waals surface area (Å²) in [7, 11) is 0. The number of nitrogens with two attached hydrogens (primary N) is 1. The van der Waals surface area contributed by atoms with Crippen molar-refractivity contribution in [3.63, 3.8) is 0 Å². The molecule has 4 N–H and O–H groups in total.